The highest BCUT2D eigenvalue weighted by atomic mass is 35.5. The van der Waals surface area contributed by atoms with Gasteiger partial charge in [-0.3, -0.25) is 4.98 Å². The van der Waals surface area contributed by atoms with Gasteiger partial charge in [0.05, 0.1) is 28.6 Å². The Morgan fingerprint density at radius 1 is 0.925 bits per heavy atom. The number of aryl methyl sites for hydroxylation is 2. The average Bonchev–Trinajstić information content (AvgIpc) is 2.97. The van der Waals surface area contributed by atoms with Gasteiger partial charge in [0.15, 0.2) is 6.10 Å². The number of carboxylic acids is 1. The smallest absolute Gasteiger partial charge is 0.334 e. The molecule has 7 heteroatoms. The molecule has 0 saturated heterocycles. The van der Waals surface area contributed by atoms with Crippen LogP contribution in [-0.4, -0.2) is 34.4 Å². The molecular weight excluding hydrogens is 542 g/mol. The highest BCUT2D eigenvalue weighted by molar-refractivity contribution is 7.98. The van der Waals surface area contributed by atoms with E-state index in [2.05, 4.69) is 6.07 Å². The predicted molar refractivity (Wildman–Crippen MR) is 164 cm³/mol. The van der Waals surface area contributed by atoms with E-state index < -0.39 is 17.3 Å². The van der Waals surface area contributed by atoms with Crippen LogP contribution in [0.3, 0.4) is 0 Å². The second-order valence-corrected chi connectivity index (χ2v) is 11.5. The fraction of sp³-hybridized carbons (Fsp3) is 0.333. The zero-order valence-corrected chi connectivity index (χ0v) is 24.3. The predicted octanol–water partition coefficient (Wildman–Crippen LogP) is 8.05. The minimum absolute atomic E-state index is 0.560. The number of carbonyl (C=O) groups is 1. The summed E-state index contributed by atoms with van der Waals surface area (Å²) >= 11 is 7.91. The molecule has 0 bridgehead atoms. The molecule has 40 heavy (non-hydrogen) atoms. The highest BCUT2D eigenvalue weighted by Gasteiger charge is 2.29. The van der Waals surface area contributed by atoms with Crippen molar-refractivity contribution in [3.63, 3.8) is 0 Å². The fourth-order valence-corrected chi connectivity index (χ4v) is 6.40. The number of carboxylic acid groups (broad SMARTS) is 1. The number of hydrogen-bond acceptors (Lipinski definition) is 5. The third-order valence-electron chi connectivity index (χ3n) is 7.10. The van der Waals surface area contributed by atoms with E-state index in [9.17, 15) is 15.0 Å². The Bertz CT molecular complexity index is 1400. The Balaban J connectivity index is 1.29. The molecule has 1 heterocycles. The number of unbranched alkanes of at least 4 members (excludes halogenated alkanes) is 4. The minimum atomic E-state index is -1.49. The summed E-state index contributed by atoms with van der Waals surface area (Å²) in [5.41, 5.74) is 4.99. The summed E-state index contributed by atoms with van der Waals surface area (Å²) in [7, 11) is 1.62. The maximum absolute atomic E-state index is 11.8. The summed E-state index contributed by atoms with van der Waals surface area (Å²) in [6.45, 7) is 0. The summed E-state index contributed by atoms with van der Waals surface area (Å²) in [6.07, 6.45) is 5.57. The van der Waals surface area contributed by atoms with Crippen molar-refractivity contribution in [2.45, 2.75) is 62.1 Å². The Labute approximate surface area is 245 Å². The second kappa shape index (κ2) is 15.1. The van der Waals surface area contributed by atoms with E-state index in [-0.39, 0.29) is 0 Å². The third-order valence-corrected chi connectivity index (χ3v) is 8.80. The van der Waals surface area contributed by atoms with Crippen LogP contribution < -0.4 is 4.74 Å². The van der Waals surface area contributed by atoms with Gasteiger partial charge in [-0.15, -0.1) is 11.8 Å². The van der Waals surface area contributed by atoms with Crippen LogP contribution in [0.4, 0.5) is 0 Å². The largest absolute Gasteiger partial charge is 0.497 e. The van der Waals surface area contributed by atoms with Crippen LogP contribution in [0.2, 0.25) is 5.02 Å². The van der Waals surface area contributed by atoms with Gasteiger partial charge in [-0.25, -0.2) is 4.79 Å². The van der Waals surface area contributed by atoms with E-state index >= 15 is 0 Å². The number of para-hydroxylation sites is 1. The molecule has 0 aliphatic heterocycles. The number of hydrogen-bond donors (Lipinski definition) is 2. The standard InChI is InChI=1S/C33H36ClNO4S/c1-39-26-19-17-23(18-20-26)22-40-32(31(36)33(37)38)27-14-9-7-12-24(27)11-5-3-2-4-6-16-30-28(34)21-25-13-8-10-15-29(25)35-30/h7-10,12-15,17-21,31-32,36H,2-6,11,16,22H2,1H3,(H,37,38). The third kappa shape index (κ3) is 8.23. The lowest BCUT2D eigenvalue weighted by Gasteiger charge is -2.23. The second-order valence-electron chi connectivity index (χ2n) is 9.94. The molecule has 4 aromatic rings. The maximum Gasteiger partial charge on any atom is 0.334 e. The van der Waals surface area contributed by atoms with Gasteiger partial charge in [-0.1, -0.05) is 85.5 Å². The van der Waals surface area contributed by atoms with Crippen molar-refractivity contribution in [3.8, 4) is 5.75 Å². The zero-order chi connectivity index (χ0) is 28.3. The van der Waals surface area contributed by atoms with E-state index in [1.807, 2.05) is 72.8 Å². The molecule has 0 amide bonds. The van der Waals surface area contributed by atoms with Crippen molar-refractivity contribution in [2.75, 3.05) is 7.11 Å². The van der Waals surface area contributed by atoms with Crippen LogP contribution in [0, 0.1) is 0 Å². The number of methoxy groups -OCH3 is 1. The van der Waals surface area contributed by atoms with Gasteiger partial charge in [0, 0.05) is 11.1 Å². The van der Waals surface area contributed by atoms with Crippen molar-refractivity contribution in [3.05, 3.63) is 106 Å². The van der Waals surface area contributed by atoms with Crippen LogP contribution in [0.25, 0.3) is 10.9 Å². The van der Waals surface area contributed by atoms with E-state index in [1.165, 1.54) is 11.8 Å². The summed E-state index contributed by atoms with van der Waals surface area (Å²) < 4.78 is 5.22. The average molecular weight is 578 g/mol. The molecular formula is C33H36ClNO4S. The number of aliphatic carboxylic acids is 1. The molecule has 1 aromatic heterocycles. The van der Waals surface area contributed by atoms with Crippen molar-refractivity contribution in [1.29, 1.82) is 0 Å². The molecule has 5 nitrogen and oxygen atoms in total. The molecule has 0 aliphatic rings. The Hall–Kier alpha value is -3.06. The van der Waals surface area contributed by atoms with E-state index in [4.69, 9.17) is 21.3 Å². The van der Waals surface area contributed by atoms with E-state index in [0.717, 1.165) is 89.0 Å². The number of halogens is 1. The van der Waals surface area contributed by atoms with Crippen molar-refractivity contribution < 1.29 is 19.7 Å². The topological polar surface area (TPSA) is 79.7 Å². The van der Waals surface area contributed by atoms with Gasteiger partial charge < -0.3 is 14.9 Å². The number of rotatable bonds is 15. The molecule has 0 fully saturated rings. The first kappa shape index (κ1) is 29.9. The van der Waals surface area contributed by atoms with Gasteiger partial charge in [-0.2, -0.15) is 0 Å². The van der Waals surface area contributed by atoms with Gasteiger partial charge in [0.1, 0.15) is 5.75 Å². The molecule has 0 aliphatic carbocycles. The molecule has 2 unspecified atom stereocenters. The number of aliphatic hydroxyl groups is 1. The fourth-order valence-electron chi connectivity index (χ4n) is 4.87. The van der Waals surface area contributed by atoms with Gasteiger partial charge in [-0.05, 0) is 66.6 Å². The van der Waals surface area contributed by atoms with E-state index in [0.29, 0.717) is 5.75 Å². The first-order valence-corrected chi connectivity index (χ1v) is 15.2. The number of aliphatic hydroxyl groups excluding tert-OH is 1. The lowest BCUT2D eigenvalue weighted by Crippen LogP contribution is -2.26. The quantitative estimate of drug-likeness (QED) is 0.139. The van der Waals surface area contributed by atoms with Crippen molar-refractivity contribution >= 4 is 40.2 Å². The number of benzene rings is 3. The number of aromatic nitrogens is 1. The summed E-state index contributed by atoms with van der Waals surface area (Å²) in [4.78, 5) is 16.5. The number of pyridine rings is 1. The van der Waals surface area contributed by atoms with Crippen LogP contribution >= 0.6 is 23.4 Å². The van der Waals surface area contributed by atoms with Crippen LogP contribution in [0.5, 0.6) is 5.75 Å². The molecule has 210 valence electrons. The number of fused-ring (bicyclic) bond motifs is 1. The zero-order valence-electron chi connectivity index (χ0n) is 22.8. The lowest BCUT2D eigenvalue weighted by molar-refractivity contribution is -0.146. The number of nitrogens with zero attached hydrogens (tertiary/aromatic N) is 1. The van der Waals surface area contributed by atoms with Crippen molar-refractivity contribution in [1.82, 2.24) is 4.98 Å². The minimum Gasteiger partial charge on any atom is -0.497 e. The van der Waals surface area contributed by atoms with Gasteiger partial charge in [0.25, 0.3) is 0 Å². The molecule has 0 saturated carbocycles. The molecule has 3 aromatic carbocycles. The number of ether oxygens (including phenoxy) is 1. The normalized spacial score (nSPS) is 12.8. The Morgan fingerprint density at radius 2 is 1.60 bits per heavy atom. The van der Waals surface area contributed by atoms with Crippen molar-refractivity contribution in [2.24, 2.45) is 0 Å². The summed E-state index contributed by atoms with van der Waals surface area (Å²) in [5.74, 6) is 0.155. The molecule has 4 rings (SSSR count). The molecule has 2 N–H and O–H groups in total. The molecule has 0 radical (unpaired) electrons. The lowest BCUT2D eigenvalue weighted by atomic mass is 9.96. The number of thioether (sulfide) groups is 1. The molecule has 0 spiro atoms. The maximum atomic E-state index is 11.8. The monoisotopic (exact) mass is 577 g/mol. The van der Waals surface area contributed by atoms with E-state index in [1.54, 1.807) is 7.11 Å². The first-order valence-electron chi connectivity index (χ1n) is 13.7. The van der Waals surface area contributed by atoms with Crippen LogP contribution in [-0.2, 0) is 23.4 Å². The Morgan fingerprint density at radius 3 is 2.35 bits per heavy atom. The molecule has 2 atom stereocenters. The summed E-state index contributed by atoms with van der Waals surface area (Å²) in [6, 6.07) is 25.6. The first-order chi connectivity index (χ1) is 19.5. The van der Waals surface area contributed by atoms with Gasteiger partial charge in [0.2, 0.25) is 0 Å². The van der Waals surface area contributed by atoms with Crippen LogP contribution in [0.15, 0.2) is 78.9 Å². The van der Waals surface area contributed by atoms with Crippen LogP contribution in [0.1, 0.15) is 59.7 Å². The highest BCUT2D eigenvalue weighted by Crippen LogP contribution is 2.37. The van der Waals surface area contributed by atoms with Gasteiger partial charge >= 0.3 is 5.97 Å². The summed E-state index contributed by atoms with van der Waals surface area (Å²) in [5, 5.41) is 21.5. The Kier molecular flexibility index (Phi) is 11.3. The SMILES string of the molecule is COc1ccc(CSC(c2ccccc2CCCCCCCc2nc3ccccc3cc2Cl)C(O)C(=O)O)cc1.